The Balaban J connectivity index is 1.90. The Hall–Kier alpha value is -2.88. The van der Waals surface area contributed by atoms with E-state index in [4.69, 9.17) is 0 Å². The lowest BCUT2D eigenvalue weighted by atomic mass is 10.1. The van der Waals surface area contributed by atoms with Crippen LogP contribution in [-0.2, 0) is 0 Å². The molecule has 25 heavy (non-hydrogen) atoms. The minimum Gasteiger partial charge on any atom is -0.302 e. The topological polar surface area (TPSA) is 32.3 Å². The summed E-state index contributed by atoms with van der Waals surface area (Å²) in [4.78, 5) is 13.9. The third kappa shape index (κ3) is 2.54. The van der Waals surface area contributed by atoms with Crippen molar-refractivity contribution in [2.24, 2.45) is 0 Å². The Morgan fingerprint density at radius 3 is 2.04 bits per heavy atom. The Morgan fingerprint density at radius 1 is 0.800 bits per heavy atom. The fourth-order valence-electron chi connectivity index (χ4n) is 3.71. The zero-order valence-corrected chi connectivity index (χ0v) is 15.1. The molecule has 126 valence electrons. The largest absolute Gasteiger partial charge is 0.302 e. The van der Waals surface area contributed by atoms with Crippen LogP contribution in [0.4, 0.5) is 23.0 Å². The molecule has 1 aliphatic heterocycles. The predicted octanol–water partition coefficient (Wildman–Crippen LogP) is 5.04. The normalized spacial score (nSPS) is 16.2. The first kappa shape index (κ1) is 15.6. The van der Waals surface area contributed by atoms with Crippen molar-refractivity contribution in [1.82, 2.24) is 9.97 Å². The van der Waals surface area contributed by atoms with Crippen LogP contribution in [0.15, 0.2) is 54.9 Å². The third-order valence-electron chi connectivity index (χ3n) is 4.72. The van der Waals surface area contributed by atoms with Gasteiger partial charge in [0.15, 0.2) is 11.6 Å². The quantitative estimate of drug-likeness (QED) is 0.659. The van der Waals surface area contributed by atoms with Crippen molar-refractivity contribution in [1.29, 1.82) is 0 Å². The van der Waals surface area contributed by atoms with Gasteiger partial charge in [0, 0.05) is 23.8 Å². The zero-order valence-electron chi connectivity index (χ0n) is 15.1. The molecule has 0 N–H and O–H groups in total. The van der Waals surface area contributed by atoms with Crippen molar-refractivity contribution < 1.29 is 0 Å². The molecule has 0 aliphatic carbocycles. The highest BCUT2D eigenvalue weighted by molar-refractivity contribution is 5.84. The van der Waals surface area contributed by atoms with Gasteiger partial charge in [0.2, 0.25) is 0 Å². The molecule has 4 rings (SSSR count). The molecule has 1 atom stereocenters. The van der Waals surface area contributed by atoms with Gasteiger partial charge in [0.25, 0.3) is 0 Å². The average molecular weight is 330 g/mol. The highest BCUT2D eigenvalue weighted by Crippen LogP contribution is 2.45. The molecule has 3 aromatic rings. The lowest BCUT2D eigenvalue weighted by Crippen LogP contribution is -2.36. The fourth-order valence-corrected chi connectivity index (χ4v) is 3.71. The summed E-state index contributed by atoms with van der Waals surface area (Å²) in [7, 11) is 0. The lowest BCUT2D eigenvalue weighted by Gasteiger charge is -2.30. The molecule has 2 heterocycles. The first-order valence-electron chi connectivity index (χ1n) is 8.59. The maximum Gasteiger partial charge on any atom is 0.178 e. The monoisotopic (exact) mass is 330 g/mol. The summed E-state index contributed by atoms with van der Waals surface area (Å²) in [5, 5.41) is 0. The van der Waals surface area contributed by atoms with Crippen LogP contribution >= 0.6 is 0 Å². The van der Waals surface area contributed by atoms with E-state index in [1.54, 1.807) is 12.4 Å². The number of rotatable bonds is 2. The van der Waals surface area contributed by atoms with Crippen molar-refractivity contribution in [3.05, 3.63) is 71.5 Å². The number of hydrogen-bond donors (Lipinski definition) is 0. The number of hydrogen-bond acceptors (Lipinski definition) is 4. The molecule has 0 amide bonds. The highest BCUT2D eigenvalue weighted by atomic mass is 15.5. The Labute approximate surface area is 148 Å². The van der Waals surface area contributed by atoms with E-state index in [0.717, 1.165) is 17.3 Å². The van der Waals surface area contributed by atoms with Gasteiger partial charge in [0.05, 0.1) is 0 Å². The van der Waals surface area contributed by atoms with E-state index in [1.807, 2.05) is 0 Å². The molecule has 4 nitrogen and oxygen atoms in total. The molecular formula is C21H22N4. The first-order valence-corrected chi connectivity index (χ1v) is 8.59. The van der Waals surface area contributed by atoms with Crippen LogP contribution in [0.2, 0.25) is 0 Å². The summed E-state index contributed by atoms with van der Waals surface area (Å²) in [6.45, 7) is 8.60. The number of anilines is 4. The van der Waals surface area contributed by atoms with Gasteiger partial charge in [-0.05, 0) is 62.6 Å². The standard InChI is InChI=1S/C21H22N4/c1-14-11-15(2)13-18(12-14)24-17(4)25(19-8-6-5-7-16(19)3)21-20(24)22-9-10-23-21/h5-13,17H,1-4H3. The Kier molecular flexibility index (Phi) is 3.68. The SMILES string of the molecule is Cc1cc(C)cc(N2c3nccnc3N(c3ccccc3C)C2C)c1. The summed E-state index contributed by atoms with van der Waals surface area (Å²) in [5.41, 5.74) is 6.06. The van der Waals surface area contributed by atoms with E-state index in [9.17, 15) is 0 Å². The van der Waals surface area contributed by atoms with E-state index >= 15 is 0 Å². The van der Waals surface area contributed by atoms with Gasteiger partial charge in [0.1, 0.15) is 6.17 Å². The Morgan fingerprint density at radius 2 is 1.40 bits per heavy atom. The van der Waals surface area contributed by atoms with Crippen molar-refractivity contribution in [2.45, 2.75) is 33.9 Å². The molecule has 0 saturated heterocycles. The first-order chi connectivity index (χ1) is 12.1. The van der Waals surface area contributed by atoms with Gasteiger partial charge in [-0.1, -0.05) is 24.3 Å². The van der Waals surface area contributed by atoms with E-state index in [-0.39, 0.29) is 6.17 Å². The van der Waals surface area contributed by atoms with Gasteiger partial charge in [-0.25, -0.2) is 9.97 Å². The molecule has 1 aromatic heterocycles. The van der Waals surface area contributed by atoms with Gasteiger partial charge in [-0.2, -0.15) is 0 Å². The highest BCUT2D eigenvalue weighted by Gasteiger charge is 2.37. The predicted molar refractivity (Wildman–Crippen MR) is 103 cm³/mol. The van der Waals surface area contributed by atoms with Gasteiger partial charge < -0.3 is 9.80 Å². The molecule has 0 bridgehead atoms. The molecule has 0 saturated carbocycles. The van der Waals surface area contributed by atoms with Crippen molar-refractivity contribution in [2.75, 3.05) is 9.80 Å². The number of fused-ring (bicyclic) bond motifs is 1. The molecule has 1 aliphatic rings. The van der Waals surface area contributed by atoms with E-state index in [0.29, 0.717) is 0 Å². The molecule has 0 radical (unpaired) electrons. The molecule has 4 heteroatoms. The molecule has 1 unspecified atom stereocenters. The van der Waals surface area contributed by atoms with Crippen LogP contribution in [0, 0.1) is 20.8 Å². The van der Waals surface area contributed by atoms with Crippen molar-refractivity contribution in [3.63, 3.8) is 0 Å². The van der Waals surface area contributed by atoms with Crippen LogP contribution in [0.1, 0.15) is 23.6 Å². The molecule has 0 spiro atoms. The van der Waals surface area contributed by atoms with Crippen molar-refractivity contribution in [3.8, 4) is 0 Å². The van der Waals surface area contributed by atoms with Gasteiger partial charge in [-0.15, -0.1) is 0 Å². The number of aromatic nitrogens is 2. The van der Waals surface area contributed by atoms with Crippen LogP contribution in [0.5, 0.6) is 0 Å². The summed E-state index contributed by atoms with van der Waals surface area (Å²) < 4.78 is 0. The number of nitrogens with zero attached hydrogens (tertiary/aromatic N) is 4. The molecule has 2 aromatic carbocycles. The second-order valence-electron chi connectivity index (χ2n) is 6.71. The van der Waals surface area contributed by atoms with E-state index in [2.05, 4.69) is 89.9 Å². The maximum absolute atomic E-state index is 4.65. The second-order valence-corrected chi connectivity index (χ2v) is 6.71. The van der Waals surface area contributed by atoms with E-state index in [1.165, 1.54) is 22.4 Å². The summed E-state index contributed by atoms with van der Waals surface area (Å²) in [6, 6.07) is 15.0. The number of benzene rings is 2. The Bertz CT molecular complexity index is 914. The lowest BCUT2D eigenvalue weighted by molar-refractivity contribution is 0.752. The maximum atomic E-state index is 4.65. The second kappa shape index (κ2) is 5.88. The molecular weight excluding hydrogens is 308 g/mol. The fraction of sp³-hybridized carbons (Fsp3) is 0.238. The van der Waals surface area contributed by atoms with Gasteiger partial charge in [-0.3, -0.25) is 0 Å². The zero-order chi connectivity index (χ0) is 17.6. The number of aryl methyl sites for hydroxylation is 3. The smallest absolute Gasteiger partial charge is 0.178 e. The minimum absolute atomic E-state index is 0.0969. The summed E-state index contributed by atoms with van der Waals surface area (Å²) in [5.74, 6) is 1.81. The van der Waals surface area contributed by atoms with Crippen LogP contribution in [0.25, 0.3) is 0 Å². The molecule has 0 fully saturated rings. The summed E-state index contributed by atoms with van der Waals surface area (Å²) in [6.07, 6.45) is 3.63. The average Bonchev–Trinajstić information content (AvgIpc) is 2.86. The van der Waals surface area contributed by atoms with Crippen LogP contribution in [0.3, 0.4) is 0 Å². The van der Waals surface area contributed by atoms with Crippen LogP contribution < -0.4 is 9.80 Å². The van der Waals surface area contributed by atoms with E-state index < -0.39 is 0 Å². The third-order valence-corrected chi connectivity index (χ3v) is 4.72. The summed E-state index contributed by atoms with van der Waals surface area (Å²) >= 11 is 0. The minimum atomic E-state index is 0.0969. The van der Waals surface area contributed by atoms with Crippen molar-refractivity contribution >= 4 is 23.0 Å². The van der Waals surface area contributed by atoms with Gasteiger partial charge >= 0.3 is 0 Å². The number of para-hydroxylation sites is 1. The van der Waals surface area contributed by atoms with Crippen LogP contribution in [-0.4, -0.2) is 16.1 Å².